The van der Waals surface area contributed by atoms with Gasteiger partial charge < -0.3 is 15.5 Å². The molecule has 0 spiro atoms. The predicted octanol–water partition coefficient (Wildman–Crippen LogP) is 2.85. The molecule has 122 valence electrons. The Morgan fingerprint density at radius 1 is 1.32 bits per heavy atom. The summed E-state index contributed by atoms with van der Waals surface area (Å²) in [6, 6.07) is 8.00. The van der Waals surface area contributed by atoms with E-state index in [0.717, 1.165) is 6.08 Å². The summed E-state index contributed by atoms with van der Waals surface area (Å²) in [6.07, 6.45) is -0.207. The maximum absolute atomic E-state index is 14.3. The van der Waals surface area contributed by atoms with Crippen LogP contribution in [0.15, 0.2) is 42.5 Å². The highest BCUT2D eigenvalue weighted by Gasteiger charge is 2.25. The van der Waals surface area contributed by atoms with Crippen LogP contribution in [0.4, 0.5) is 4.39 Å². The van der Waals surface area contributed by atoms with Crippen molar-refractivity contribution in [3.05, 3.63) is 48.0 Å². The van der Waals surface area contributed by atoms with Crippen LogP contribution in [0.25, 0.3) is 0 Å². The highest BCUT2D eigenvalue weighted by Crippen LogP contribution is 2.24. The molecule has 4 nitrogen and oxygen atoms in total. The molecule has 0 aromatic heterocycles. The summed E-state index contributed by atoms with van der Waals surface area (Å²) in [7, 11) is 0. The molecule has 1 aromatic rings. The minimum atomic E-state index is -1.51. The van der Waals surface area contributed by atoms with E-state index in [-0.39, 0.29) is 12.0 Å². The van der Waals surface area contributed by atoms with Crippen LogP contribution < -0.4 is 5.32 Å². The van der Waals surface area contributed by atoms with Gasteiger partial charge >= 0.3 is 5.97 Å². The van der Waals surface area contributed by atoms with Crippen LogP contribution in [-0.4, -0.2) is 33.9 Å². The van der Waals surface area contributed by atoms with E-state index in [2.05, 4.69) is 5.32 Å². The number of hydrogen-bond donors (Lipinski definition) is 3. The predicted molar refractivity (Wildman–Crippen MR) is 84.4 cm³/mol. The molecule has 0 aliphatic rings. The minimum Gasteiger partial charge on any atom is -0.478 e. The molecule has 1 rings (SSSR count). The van der Waals surface area contributed by atoms with Gasteiger partial charge in [0, 0.05) is 17.7 Å². The molecule has 0 bridgehead atoms. The van der Waals surface area contributed by atoms with E-state index in [0.29, 0.717) is 5.56 Å². The molecular weight excluding hydrogens is 285 g/mol. The molecular formula is C17H24FNO3. The lowest BCUT2D eigenvalue weighted by Gasteiger charge is -2.29. The molecule has 0 aliphatic heterocycles. The van der Waals surface area contributed by atoms with Crippen molar-refractivity contribution in [1.82, 2.24) is 5.32 Å². The Balaban J connectivity index is 2.77. The molecule has 1 aromatic carbocycles. The van der Waals surface area contributed by atoms with Crippen LogP contribution in [0.5, 0.6) is 0 Å². The Labute approximate surface area is 130 Å². The maximum atomic E-state index is 14.3. The molecule has 3 unspecified atom stereocenters. The van der Waals surface area contributed by atoms with Gasteiger partial charge in [0.1, 0.15) is 0 Å². The molecule has 0 saturated carbocycles. The van der Waals surface area contributed by atoms with Crippen molar-refractivity contribution >= 4 is 5.97 Å². The van der Waals surface area contributed by atoms with Crippen LogP contribution >= 0.6 is 0 Å². The topological polar surface area (TPSA) is 69.6 Å². The Kier molecular flexibility index (Phi) is 6.71. The number of benzene rings is 1. The summed E-state index contributed by atoms with van der Waals surface area (Å²) in [5.41, 5.74) is 0.123. The molecule has 3 N–H and O–H groups in total. The lowest BCUT2D eigenvalue weighted by atomic mass is 9.97. The van der Waals surface area contributed by atoms with Gasteiger partial charge in [-0.1, -0.05) is 36.4 Å². The molecule has 0 radical (unpaired) electrons. The normalized spacial score (nSPS) is 16.4. The number of aliphatic hydroxyl groups excluding tert-OH is 1. The summed E-state index contributed by atoms with van der Waals surface area (Å²) in [6.45, 7) is 5.77. The quantitative estimate of drug-likeness (QED) is 0.677. The van der Waals surface area contributed by atoms with Crippen molar-refractivity contribution in [3.63, 3.8) is 0 Å². The Morgan fingerprint density at radius 2 is 1.91 bits per heavy atom. The second kappa shape index (κ2) is 8.06. The smallest absolute Gasteiger partial charge is 0.328 e. The average Bonchev–Trinajstić information content (AvgIpc) is 2.43. The number of carboxylic acids is 1. The van der Waals surface area contributed by atoms with Crippen LogP contribution in [0.2, 0.25) is 0 Å². The highest BCUT2D eigenvalue weighted by atomic mass is 19.1. The van der Waals surface area contributed by atoms with Crippen molar-refractivity contribution in [2.45, 2.75) is 51.0 Å². The van der Waals surface area contributed by atoms with Gasteiger partial charge in [-0.05, 0) is 32.8 Å². The summed E-state index contributed by atoms with van der Waals surface area (Å²) in [4.78, 5) is 10.7. The average molecular weight is 309 g/mol. The molecule has 3 atom stereocenters. The van der Waals surface area contributed by atoms with Crippen LogP contribution in [-0.2, 0) is 4.79 Å². The molecule has 5 heteroatoms. The van der Waals surface area contributed by atoms with E-state index in [1.165, 1.54) is 6.08 Å². The largest absolute Gasteiger partial charge is 0.478 e. The Hall–Kier alpha value is -1.72. The number of aliphatic carboxylic acids is 1. The second-order valence-electron chi connectivity index (χ2n) is 6.31. The summed E-state index contributed by atoms with van der Waals surface area (Å²) >= 11 is 0. The van der Waals surface area contributed by atoms with Crippen molar-refractivity contribution < 1.29 is 19.4 Å². The monoisotopic (exact) mass is 309 g/mol. The number of carboxylic acid groups (broad SMARTS) is 1. The van der Waals surface area contributed by atoms with E-state index in [9.17, 15) is 14.3 Å². The molecule has 0 saturated heterocycles. The van der Waals surface area contributed by atoms with E-state index >= 15 is 0 Å². The van der Waals surface area contributed by atoms with Crippen molar-refractivity contribution in [2.75, 3.05) is 0 Å². The number of nitrogens with one attached hydrogen (secondary N) is 1. The fraction of sp³-hybridized carbons (Fsp3) is 0.471. The van der Waals surface area contributed by atoms with Gasteiger partial charge in [-0.3, -0.25) is 0 Å². The third-order valence-corrected chi connectivity index (χ3v) is 3.04. The van der Waals surface area contributed by atoms with Crippen molar-refractivity contribution in [1.29, 1.82) is 0 Å². The van der Waals surface area contributed by atoms with Crippen LogP contribution in [0.1, 0.15) is 38.9 Å². The second-order valence-corrected chi connectivity index (χ2v) is 6.31. The SMILES string of the molecule is CC(C)(C)NC(/C=C\C(=O)O)CC(O)C(F)c1ccccc1. The number of carbonyl (C=O) groups is 1. The third-order valence-electron chi connectivity index (χ3n) is 3.04. The summed E-state index contributed by atoms with van der Waals surface area (Å²) < 4.78 is 14.3. The van der Waals surface area contributed by atoms with Crippen LogP contribution in [0.3, 0.4) is 0 Å². The zero-order valence-electron chi connectivity index (χ0n) is 13.2. The number of hydrogen-bond acceptors (Lipinski definition) is 3. The zero-order valence-corrected chi connectivity index (χ0v) is 13.2. The Bertz CT molecular complexity index is 496. The van der Waals surface area contributed by atoms with E-state index in [1.807, 2.05) is 20.8 Å². The van der Waals surface area contributed by atoms with E-state index in [4.69, 9.17) is 5.11 Å². The standard InChI is InChI=1S/C17H24FNO3/c1-17(2,3)19-13(9-10-15(21)22)11-14(20)16(18)12-7-5-4-6-8-12/h4-10,13-14,16,19-20H,11H2,1-3H3,(H,21,22)/b10-9-. The van der Waals surface area contributed by atoms with Crippen molar-refractivity contribution in [2.24, 2.45) is 0 Å². The fourth-order valence-corrected chi connectivity index (χ4v) is 2.18. The first-order valence-corrected chi connectivity index (χ1v) is 7.25. The number of rotatable bonds is 7. The number of alkyl halides is 1. The van der Waals surface area contributed by atoms with Gasteiger partial charge in [0.2, 0.25) is 0 Å². The van der Waals surface area contributed by atoms with Gasteiger partial charge in [0.05, 0.1) is 6.10 Å². The lowest BCUT2D eigenvalue weighted by Crippen LogP contribution is -2.44. The Morgan fingerprint density at radius 3 is 2.41 bits per heavy atom. The first-order valence-electron chi connectivity index (χ1n) is 7.25. The minimum absolute atomic E-state index is 0.0805. The third kappa shape index (κ3) is 6.83. The van der Waals surface area contributed by atoms with E-state index < -0.39 is 24.3 Å². The lowest BCUT2D eigenvalue weighted by molar-refractivity contribution is -0.131. The van der Waals surface area contributed by atoms with Gasteiger partial charge in [-0.2, -0.15) is 0 Å². The van der Waals surface area contributed by atoms with E-state index in [1.54, 1.807) is 30.3 Å². The molecule has 22 heavy (non-hydrogen) atoms. The van der Waals surface area contributed by atoms with Gasteiger partial charge in [0.15, 0.2) is 6.17 Å². The number of aliphatic hydroxyl groups is 1. The molecule has 0 fully saturated rings. The first kappa shape index (κ1) is 18.3. The fourth-order valence-electron chi connectivity index (χ4n) is 2.18. The van der Waals surface area contributed by atoms with Gasteiger partial charge in [-0.25, -0.2) is 9.18 Å². The van der Waals surface area contributed by atoms with Gasteiger partial charge in [0.25, 0.3) is 0 Å². The van der Waals surface area contributed by atoms with Gasteiger partial charge in [-0.15, -0.1) is 0 Å². The summed E-state index contributed by atoms with van der Waals surface area (Å²) in [5, 5.41) is 22.0. The molecule has 0 amide bonds. The zero-order chi connectivity index (χ0) is 16.8. The molecule has 0 heterocycles. The summed E-state index contributed by atoms with van der Waals surface area (Å²) in [5.74, 6) is -1.07. The van der Waals surface area contributed by atoms with Crippen molar-refractivity contribution in [3.8, 4) is 0 Å². The van der Waals surface area contributed by atoms with Crippen LogP contribution in [0, 0.1) is 0 Å². The highest BCUT2D eigenvalue weighted by molar-refractivity contribution is 5.79. The maximum Gasteiger partial charge on any atom is 0.328 e. The molecule has 0 aliphatic carbocycles. The first-order chi connectivity index (χ1) is 10.2. The number of halogens is 1.